The molecule has 0 aromatic rings. The molecule has 1 rings (SSSR count). The summed E-state index contributed by atoms with van der Waals surface area (Å²) in [6.45, 7) is 28.9. The van der Waals surface area contributed by atoms with Crippen LogP contribution in [-0.4, -0.2) is 46.6 Å². The molecule has 0 radical (unpaired) electrons. The average Bonchev–Trinajstić information content (AvgIpc) is 2.44. The summed E-state index contributed by atoms with van der Waals surface area (Å²) in [6.07, 6.45) is 8.09. The van der Waals surface area contributed by atoms with Gasteiger partial charge in [-0.1, -0.05) is 54.4 Å². The lowest BCUT2D eigenvalue weighted by molar-refractivity contribution is -0.0196. The van der Waals surface area contributed by atoms with E-state index in [1.165, 1.54) is 51.6 Å². The molecule has 2 nitrogen and oxygen atoms in total. The second-order valence-corrected chi connectivity index (χ2v) is 12.7. The van der Waals surface area contributed by atoms with E-state index in [1.54, 1.807) is 0 Å². The molecule has 2 heteroatoms. The molecule has 1 aliphatic carbocycles. The fourth-order valence-corrected chi connectivity index (χ4v) is 4.57. The van der Waals surface area contributed by atoms with Crippen LogP contribution in [0.15, 0.2) is 0 Å². The molecule has 162 valence electrons. The summed E-state index contributed by atoms with van der Waals surface area (Å²) in [6, 6.07) is 2.03. The van der Waals surface area contributed by atoms with Gasteiger partial charge in [-0.3, -0.25) is 9.80 Å². The first kappa shape index (κ1) is 25.0. The zero-order valence-corrected chi connectivity index (χ0v) is 20.8. The highest BCUT2D eigenvalue weighted by Crippen LogP contribution is 2.34. The molecule has 0 aromatic heterocycles. The SMILES string of the molecule is CC(C)N(CCC(C)(C)C)[C@@H]1CCCC[C@@H]1N(CCC(C)(C)C)C(C)(C)C. The summed E-state index contributed by atoms with van der Waals surface area (Å²) >= 11 is 0. The van der Waals surface area contributed by atoms with Crippen molar-refractivity contribution in [3.05, 3.63) is 0 Å². The van der Waals surface area contributed by atoms with E-state index in [1.807, 2.05) is 0 Å². The number of rotatable bonds is 7. The van der Waals surface area contributed by atoms with E-state index in [2.05, 4.69) is 86.0 Å². The Hall–Kier alpha value is -0.0800. The van der Waals surface area contributed by atoms with Crippen LogP contribution in [0.1, 0.15) is 115 Å². The van der Waals surface area contributed by atoms with E-state index in [9.17, 15) is 0 Å². The van der Waals surface area contributed by atoms with Gasteiger partial charge in [-0.05, 0) is 84.2 Å². The van der Waals surface area contributed by atoms with Crippen LogP contribution in [0.25, 0.3) is 0 Å². The van der Waals surface area contributed by atoms with Crippen LogP contribution >= 0.6 is 0 Å². The normalized spacial score (nSPS) is 22.9. The molecule has 1 saturated carbocycles. The summed E-state index contributed by atoms with van der Waals surface area (Å²) in [5.41, 5.74) is 1.04. The van der Waals surface area contributed by atoms with Crippen molar-refractivity contribution in [3.8, 4) is 0 Å². The lowest BCUT2D eigenvalue weighted by Gasteiger charge is -2.51. The summed E-state index contributed by atoms with van der Waals surface area (Å²) < 4.78 is 0. The van der Waals surface area contributed by atoms with Gasteiger partial charge in [-0.15, -0.1) is 0 Å². The minimum Gasteiger partial charge on any atom is -0.296 e. The Kier molecular flexibility index (Phi) is 8.89. The molecule has 0 bridgehead atoms. The Labute approximate surface area is 172 Å². The third kappa shape index (κ3) is 8.86. The van der Waals surface area contributed by atoms with Gasteiger partial charge >= 0.3 is 0 Å². The van der Waals surface area contributed by atoms with Gasteiger partial charge in [0.2, 0.25) is 0 Å². The van der Waals surface area contributed by atoms with Crippen LogP contribution in [0.3, 0.4) is 0 Å². The van der Waals surface area contributed by atoms with Gasteiger partial charge in [0.25, 0.3) is 0 Å². The van der Waals surface area contributed by atoms with Crippen molar-refractivity contribution in [1.29, 1.82) is 0 Å². The molecule has 2 atom stereocenters. The van der Waals surface area contributed by atoms with Gasteiger partial charge in [-0.2, -0.15) is 0 Å². The standard InChI is InChI=1S/C25H52N2/c1-20(2)26(18-16-23(3,4)5)21-14-12-13-15-22(21)27(25(9,10)11)19-17-24(6,7)8/h20-22H,12-19H2,1-11H3/t21-,22+/m1/s1. The molecule has 27 heavy (non-hydrogen) atoms. The monoisotopic (exact) mass is 380 g/mol. The van der Waals surface area contributed by atoms with Crippen molar-refractivity contribution < 1.29 is 0 Å². The van der Waals surface area contributed by atoms with E-state index >= 15 is 0 Å². The third-order valence-corrected chi connectivity index (χ3v) is 6.27. The average molecular weight is 381 g/mol. The lowest BCUT2D eigenvalue weighted by Crippen LogP contribution is -2.60. The molecule has 0 saturated heterocycles. The van der Waals surface area contributed by atoms with Crippen molar-refractivity contribution in [1.82, 2.24) is 9.80 Å². The Balaban J connectivity index is 3.06. The molecule has 0 amide bonds. The van der Waals surface area contributed by atoms with Gasteiger partial charge in [-0.25, -0.2) is 0 Å². The minimum atomic E-state index is 0.234. The number of hydrogen-bond acceptors (Lipinski definition) is 2. The highest BCUT2D eigenvalue weighted by Gasteiger charge is 2.39. The quantitative estimate of drug-likeness (QED) is 0.470. The molecule has 0 unspecified atom stereocenters. The van der Waals surface area contributed by atoms with Crippen LogP contribution in [-0.2, 0) is 0 Å². The van der Waals surface area contributed by atoms with Crippen LogP contribution in [0.4, 0.5) is 0 Å². The zero-order valence-electron chi connectivity index (χ0n) is 20.8. The summed E-state index contributed by atoms with van der Waals surface area (Å²) in [5, 5.41) is 0. The van der Waals surface area contributed by atoms with E-state index in [0.29, 0.717) is 29.0 Å². The Morgan fingerprint density at radius 3 is 1.56 bits per heavy atom. The molecule has 0 aromatic carbocycles. The first-order valence-electron chi connectivity index (χ1n) is 11.6. The fourth-order valence-electron chi connectivity index (χ4n) is 4.57. The molecular formula is C25H52N2. The molecule has 1 fully saturated rings. The summed E-state index contributed by atoms with van der Waals surface area (Å²) in [7, 11) is 0. The van der Waals surface area contributed by atoms with Crippen molar-refractivity contribution >= 4 is 0 Å². The smallest absolute Gasteiger partial charge is 0.0256 e. The molecule has 1 aliphatic rings. The van der Waals surface area contributed by atoms with Gasteiger partial charge in [0.1, 0.15) is 0 Å². The summed E-state index contributed by atoms with van der Waals surface area (Å²) in [5.74, 6) is 0. The van der Waals surface area contributed by atoms with Gasteiger partial charge in [0.05, 0.1) is 0 Å². The van der Waals surface area contributed by atoms with Crippen LogP contribution in [0.5, 0.6) is 0 Å². The van der Waals surface area contributed by atoms with Crippen LogP contribution < -0.4 is 0 Å². The Morgan fingerprint density at radius 2 is 1.15 bits per heavy atom. The van der Waals surface area contributed by atoms with Gasteiger partial charge in [0, 0.05) is 23.7 Å². The molecule has 0 heterocycles. The highest BCUT2D eigenvalue weighted by molar-refractivity contribution is 4.95. The van der Waals surface area contributed by atoms with Crippen LogP contribution in [0, 0.1) is 10.8 Å². The zero-order chi connectivity index (χ0) is 21.0. The predicted molar refractivity (Wildman–Crippen MR) is 122 cm³/mol. The molecule has 0 spiro atoms. The number of nitrogens with zero attached hydrogens (tertiary/aromatic N) is 2. The van der Waals surface area contributed by atoms with Gasteiger partial charge in [0.15, 0.2) is 0 Å². The first-order chi connectivity index (χ1) is 12.1. The molecule has 0 aliphatic heterocycles. The van der Waals surface area contributed by atoms with E-state index in [0.717, 1.165) is 0 Å². The van der Waals surface area contributed by atoms with Gasteiger partial charge < -0.3 is 0 Å². The van der Waals surface area contributed by atoms with Crippen LogP contribution in [0.2, 0.25) is 0 Å². The molecule has 0 N–H and O–H groups in total. The first-order valence-corrected chi connectivity index (χ1v) is 11.6. The maximum atomic E-state index is 2.87. The van der Waals surface area contributed by atoms with Crippen molar-refractivity contribution in [2.75, 3.05) is 13.1 Å². The van der Waals surface area contributed by atoms with E-state index < -0.39 is 0 Å². The number of hydrogen-bond donors (Lipinski definition) is 0. The highest BCUT2D eigenvalue weighted by atomic mass is 15.3. The third-order valence-electron chi connectivity index (χ3n) is 6.27. The maximum Gasteiger partial charge on any atom is 0.0256 e. The second kappa shape index (κ2) is 9.61. The lowest BCUT2D eigenvalue weighted by atomic mass is 9.83. The Morgan fingerprint density at radius 1 is 0.704 bits per heavy atom. The van der Waals surface area contributed by atoms with Crippen molar-refractivity contribution in [2.24, 2.45) is 10.8 Å². The molecular weight excluding hydrogens is 328 g/mol. The van der Waals surface area contributed by atoms with E-state index in [-0.39, 0.29) is 5.54 Å². The Bertz CT molecular complexity index is 419. The maximum absolute atomic E-state index is 2.87. The second-order valence-electron chi connectivity index (χ2n) is 12.7. The van der Waals surface area contributed by atoms with Crippen molar-refractivity contribution in [2.45, 2.75) is 138 Å². The minimum absolute atomic E-state index is 0.234. The fraction of sp³-hybridized carbons (Fsp3) is 1.00. The van der Waals surface area contributed by atoms with E-state index in [4.69, 9.17) is 0 Å². The summed E-state index contributed by atoms with van der Waals surface area (Å²) in [4.78, 5) is 5.72. The largest absolute Gasteiger partial charge is 0.296 e. The topological polar surface area (TPSA) is 6.48 Å². The van der Waals surface area contributed by atoms with Crippen molar-refractivity contribution in [3.63, 3.8) is 0 Å². The predicted octanol–water partition coefficient (Wildman–Crippen LogP) is 6.98.